The first-order chi connectivity index (χ1) is 7.22. The van der Waals surface area contributed by atoms with Gasteiger partial charge in [0.1, 0.15) is 0 Å². The van der Waals surface area contributed by atoms with Crippen molar-refractivity contribution >= 4 is 11.8 Å². The third-order valence-electron chi connectivity index (χ3n) is 2.73. The fourth-order valence-electron chi connectivity index (χ4n) is 1.81. The molecule has 0 aromatic heterocycles. The van der Waals surface area contributed by atoms with Gasteiger partial charge in [-0.2, -0.15) is 0 Å². The monoisotopic (exact) mass is 203 g/mol. The molecule has 0 N–H and O–H groups in total. The molecule has 1 aromatic rings. The van der Waals surface area contributed by atoms with Gasteiger partial charge in [-0.3, -0.25) is 0 Å². The van der Waals surface area contributed by atoms with Gasteiger partial charge >= 0.3 is 0 Å². The average molecular weight is 203 g/mol. The molecule has 0 aliphatic carbocycles. The Labute approximate surface area is 93.4 Å². The zero-order valence-electron chi connectivity index (χ0n) is 10.2. The fraction of sp³-hybridized carbons (Fsp3) is 0.429. The molecular weight excluding hydrogens is 182 g/mol. The van der Waals surface area contributed by atoms with E-state index in [9.17, 15) is 0 Å². The molecule has 0 heterocycles. The van der Waals surface area contributed by atoms with Crippen molar-refractivity contribution in [1.29, 1.82) is 0 Å². The molecule has 0 atom stereocenters. The number of nitrogens with zero attached hydrogens (tertiary/aromatic N) is 1. The molecule has 15 heavy (non-hydrogen) atoms. The first kappa shape index (κ1) is 11.8. The van der Waals surface area contributed by atoms with Crippen LogP contribution < -0.4 is 4.90 Å². The highest BCUT2D eigenvalue weighted by Gasteiger charge is 2.02. The standard InChI is InChI=1S/C14H21N/c1-5-8-13-9-10-14(11-12(13)4)15(6-2)7-3/h5,8-11H,6-7H2,1-4H3/b8-5-. The smallest absolute Gasteiger partial charge is 0.0369 e. The van der Waals surface area contributed by atoms with E-state index < -0.39 is 0 Å². The summed E-state index contributed by atoms with van der Waals surface area (Å²) in [5.74, 6) is 0. The maximum Gasteiger partial charge on any atom is 0.0369 e. The molecule has 0 radical (unpaired) electrons. The number of rotatable bonds is 4. The van der Waals surface area contributed by atoms with Gasteiger partial charge in [0, 0.05) is 18.8 Å². The van der Waals surface area contributed by atoms with Gasteiger partial charge in [0.2, 0.25) is 0 Å². The molecule has 0 fully saturated rings. The van der Waals surface area contributed by atoms with Gasteiger partial charge in [-0.15, -0.1) is 0 Å². The Morgan fingerprint density at radius 2 is 1.87 bits per heavy atom. The minimum absolute atomic E-state index is 1.07. The second-order valence-corrected chi connectivity index (χ2v) is 3.71. The Kier molecular flexibility index (Phi) is 4.41. The van der Waals surface area contributed by atoms with Crippen molar-refractivity contribution in [2.75, 3.05) is 18.0 Å². The van der Waals surface area contributed by atoms with Gasteiger partial charge in [0.25, 0.3) is 0 Å². The van der Waals surface area contributed by atoms with E-state index in [0.29, 0.717) is 0 Å². The molecule has 1 nitrogen and oxygen atoms in total. The average Bonchev–Trinajstić information content (AvgIpc) is 2.24. The SMILES string of the molecule is C/C=C\c1ccc(N(CC)CC)cc1C. The van der Waals surface area contributed by atoms with Crippen LogP contribution in [0, 0.1) is 6.92 Å². The van der Waals surface area contributed by atoms with Gasteiger partial charge < -0.3 is 4.90 Å². The van der Waals surface area contributed by atoms with Crippen molar-refractivity contribution in [3.63, 3.8) is 0 Å². The number of allylic oxidation sites excluding steroid dienone is 1. The lowest BCUT2D eigenvalue weighted by atomic mass is 10.1. The lowest BCUT2D eigenvalue weighted by Crippen LogP contribution is -2.21. The van der Waals surface area contributed by atoms with Crippen LogP contribution in [0.25, 0.3) is 6.08 Å². The minimum atomic E-state index is 1.07. The van der Waals surface area contributed by atoms with Crippen molar-refractivity contribution in [2.45, 2.75) is 27.7 Å². The largest absolute Gasteiger partial charge is 0.372 e. The number of benzene rings is 1. The molecule has 0 bridgehead atoms. The zero-order chi connectivity index (χ0) is 11.3. The van der Waals surface area contributed by atoms with Crippen molar-refractivity contribution in [3.05, 3.63) is 35.4 Å². The zero-order valence-corrected chi connectivity index (χ0v) is 10.2. The summed E-state index contributed by atoms with van der Waals surface area (Å²) in [4.78, 5) is 2.37. The van der Waals surface area contributed by atoms with Crippen molar-refractivity contribution in [3.8, 4) is 0 Å². The summed E-state index contributed by atoms with van der Waals surface area (Å²) in [6, 6.07) is 6.67. The maximum atomic E-state index is 2.37. The van der Waals surface area contributed by atoms with Crippen LogP contribution >= 0.6 is 0 Å². The van der Waals surface area contributed by atoms with Crippen LogP contribution in [-0.4, -0.2) is 13.1 Å². The highest BCUT2D eigenvalue weighted by atomic mass is 15.1. The van der Waals surface area contributed by atoms with Gasteiger partial charge in [0.15, 0.2) is 0 Å². The molecule has 0 saturated heterocycles. The molecule has 1 aromatic carbocycles. The third kappa shape index (κ3) is 2.85. The second-order valence-electron chi connectivity index (χ2n) is 3.71. The summed E-state index contributed by atoms with van der Waals surface area (Å²) >= 11 is 0. The summed E-state index contributed by atoms with van der Waals surface area (Å²) in [6.07, 6.45) is 4.24. The number of hydrogen-bond donors (Lipinski definition) is 0. The van der Waals surface area contributed by atoms with E-state index in [1.165, 1.54) is 16.8 Å². The number of hydrogen-bond acceptors (Lipinski definition) is 1. The summed E-state index contributed by atoms with van der Waals surface area (Å²) in [5.41, 5.74) is 3.98. The molecule has 1 rings (SSSR count). The van der Waals surface area contributed by atoms with E-state index in [4.69, 9.17) is 0 Å². The highest BCUT2D eigenvalue weighted by molar-refractivity contribution is 5.59. The van der Waals surface area contributed by atoms with Crippen LogP contribution in [0.2, 0.25) is 0 Å². The first-order valence-electron chi connectivity index (χ1n) is 5.71. The molecule has 0 amide bonds. The Morgan fingerprint density at radius 3 is 2.33 bits per heavy atom. The van der Waals surface area contributed by atoms with Crippen LogP contribution in [0.15, 0.2) is 24.3 Å². The Balaban J connectivity index is 2.99. The molecule has 0 unspecified atom stereocenters. The van der Waals surface area contributed by atoms with Crippen LogP contribution in [0.1, 0.15) is 31.9 Å². The summed E-state index contributed by atoms with van der Waals surface area (Å²) < 4.78 is 0. The molecule has 82 valence electrons. The molecule has 0 aliphatic rings. The Hall–Kier alpha value is -1.24. The third-order valence-corrected chi connectivity index (χ3v) is 2.73. The van der Waals surface area contributed by atoms with Gasteiger partial charge in [-0.05, 0) is 51.0 Å². The normalized spacial score (nSPS) is 10.9. The van der Waals surface area contributed by atoms with Gasteiger partial charge in [-0.25, -0.2) is 0 Å². The van der Waals surface area contributed by atoms with Gasteiger partial charge in [-0.1, -0.05) is 18.2 Å². The quantitative estimate of drug-likeness (QED) is 0.718. The lowest BCUT2D eigenvalue weighted by Gasteiger charge is -2.21. The molecular formula is C14H21N. The summed E-state index contributed by atoms with van der Waals surface area (Å²) in [7, 11) is 0. The Morgan fingerprint density at radius 1 is 1.20 bits per heavy atom. The van der Waals surface area contributed by atoms with Crippen LogP contribution in [0.4, 0.5) is 5.69 Å². The van der Waals surface area contributed by atoms with Crippen molar-refractivity contribution < 1.29 is 0 Å². The first-order valence-corrected chi connectivity index (χ1v) is 5.71. The highest BCUT2D eigenvalue weighted by Crippen LogP contribution is 2.19. The number of anilines is 1. The fourth-order valence-corrected chi connectivity index (χ4v) is 1.81. The van der Waals surface area contributed by atoms with E-state index in [1.54, 1.807) is 0 Å². The predicted molar refractivity (Wildman–Crippen MR) is 69.4 cm³/mol. The molecule has 0 saturated carbocycles. The van der Waals surface area contributed by atoms with E-state index in [1.807, 2.05) is 0 Å². The van der Waals surface area contributed by atoms with E-state index in [2.05, 4.69) is 62.9 Å². The Bertz CT molecular complexity index is 335. The summed E-state index contributed by atoms with van der Waals surface area (Å²) in [5, 5.41) is 0. The van der Waals surface area contributed by atoms with Crippen molar-refractivity contribution in [1.82, 2.24) is 0 Å². The van der Waals surface area contributed by atoms with E-state index in [0.717, 1.165) is 13.1 Å². The second kappa shape index (κ2) is 5.59. The maximum absolute atomic E-state index is 2.37. The van der Waals surface area contributed by atoms with Crippen LogP contribution in [0.5, 0.6) is 0 Å². The topological polar surface area (TPSA) is 3.24 Å². The summed E-state index contributed by atoms with van der Waals surface area (Å²) in [6.45, 7) is 10.7. The van der Waals surface area contributed by atoms with Crippen LogP contribution in [0.3, 0.4) is 0 Å². The predicted octanol–water partition coefficient (Wildman–Crippen LogP) is 3.87. The number of aryl methyl sites for hydroxylation is 1. The van der Waals surface area contributed by atoms with Gasteiger partial charge in [0.05, 0.1) is 0 Å². The lowest BCUT2D eigenvalue weighted by molar-refractivity contribution is 0.865. The van der Waals surface area contributed by atoms with E-state index >= 15 is 0 Å². The molecule has 0 spiro atoms. The van der Waals surface area contributed by atoms with E-state index in [-0.39, 0.29) is 0 Å². The molecule has 0 aliphatic heterocycles. The van der Waals surface area contributed by atoms with Crippen LogP contribution in [-0.2, 0) is 0 Å². The van der Waals surface area contributed by atoms with Crippen molar-refractivity contribution in [2.24, 2.45) is 0 Å². The molecule has 1 heteroatoms. The minimum Gasteiger partial charge on any atom is -0.372 e.